The van der Waals surface area contributed by atoms with Crippen LogP contribution in [0.4, 0.5) is 10.1 Å². The van der Waals surface area contributed by atoms with Crippen LogP contribution in [0.5, 0.6) is 0 Å². The first-order valence-electron chi connectivity index (χ1n) is 10.5. The second-order valence-electron chi connectivity index (χ2n) is 7.72. The van der Waals surface area contributed by atoms with Gasteiger partial charge in [0.25, 0.3) is 5.91 Å². The van der Waals surface area contributed by atoms with Crippen molar-refractivity contribution in [3.63, 3.8) is 0 Å². The van der Waals surface area contributed by atoms with Crippen LogP contribution in [0.1, 0.15) is 47.2 Å². The van der Waals surface area contributed by atoms with Crippen molar-refractivity contribution >= 4 is 29.1 Å². The number of amides is 1. The Morgan fingerprint density at radius 2 is 1.81 bits per heavy atom. The minimum Gasteiger partial charge on any atom is -0.457 e. The molecule has 0 saturated carbocycles. The van der Waals surface area contributed by atoms with Crippen LogP contribution >= 0.6 is 11.8 Å². The smallest absolute Gasteiger partial charge is 0.265 e. The molecular weight excluding hydrogens is 413 g/mol. The van der Waals surface area contributed by atoms with Gasteiger partial charge in [-0.1, -0.05) is 12.8 Å². The van der Waals surface area contributed by atoms with Crippen LogP contribution in [0.3, 0.4) is 0 Å². The molecule has 1 fully saturated rings. The van der Waals surface area contributed by atoms with E-state index in [9.17, 15) is 9.18 Å². The zero-order valence-electron chi connectivity index (χ0n) is 16.9. The van der Waals surface area contributed by atoms with Crippen LogP contribution in [-0.2, 0) is 0 Å². The first-order chi connectivity index (χ1) is 15.2. The molecule has 1 saturated heterocycles. The lowest BCUT2D eigenvalue weighted by Crippen LogP contribution is -2.42. The van der Waals surface area contributed by atoms with Gasteiger partial charge in [-0.2, -0.15) is 0 Å². The van der Waals surface area contributed by atoms with E-state index in [0.717, 1.165) is 47.0 Å². The maximum atomic E-state index is 13.5. The number of hydrazine groups is 1. The molecule has 2 aromatic carbocycles. The monoisotopic (exact) mass is 435 g/mol. The molecule has 1 amide bonds. The van der Waals surface area contributed by atoms with E-state index in [1.165, 1.54) is 36.7 Å². The van der Waals surface area contributed by atoms with Gasteiger partial charge in [-0.3, -0.25) is 10.2 Å². The van der Waals surface area contributed by atoms with Gasteiger partial charge in [0, 0.05) is 29.1 Å². The normalized spacial score (nSPS) is 16.5. The first-order valence-corrected chi connectivity index (χ1v) is 11.3. The number of fused-ring (bicyclic) bond motifs is 2. The highest BCUT2D eigenvalue weighted by Gasteiger charge is 2.23. The molecule has 0 radical (unpaired) electrons. The molecule has 158 valence electrons. The van der Waals surface area contributed by atoms with Gasteiger partial charge in [-0.15, -0.1) is 0 Å². The van der Waals surface area contributed by atoms with Crippen molar-refractivity contribution in [2.24, 2.45) is 4.99 Å². The van der Waals surface area contributed by atoms with E-state index in [4.69, 9.17) is 9.41 Å². The number of benzene rings is 2. The highest BCUT2D eigenvalue weighted by Crippen LogP contribution is 2.42. The maximum absolute atomic E-state index is 13.5. The lowest BCUT2D eigenvalue weighted by molar-refractivity contribution is 0.0794. The molecule has 3 aromatic rings. The number of rotatable bonds is 3. The number of hydrogen-bond acceptors (Lipinski definition) is 5. The van der Waals surface area contributed by atoms with Crippen LogP contribution < -0.4 is 5.43 Å². The molecule has 1 N–H and O–H groups in total. The largest absolute Gasteiger partial charge is 0.457 e. The van der Waals surface area contributed by atoms with Gasteiger partial charge in [0.15, 0.2) is 5.09 Å². The van der Waals surface area contributed by atoms with E-state index < -0.39 is 0 Å². The van der Waals surface area contributed by atoms with Gasteiger partial charge in [0.2, 0.25) is 0 Å². The Kier molecular flexibility index (Phi) is 5.61. The lowest BCUT2D eigenvalue weighted by Gasteiger charge is -2.21. The summed E-state index contributed by atoms with van der Waals surface area (Å²) in [4.78, 5) is 18.7. The van der Waals surface area contributed by atoms with E-state index in [-0.39, 0.29) is 11.7 Å². The van der Waals surface area contributed by atoms with E-state index >= 15 is 0 Å². The molecule has 0 bridgehead atoms. The number of halogens is 1. The Labute approximate surface area is 184 Å². The summed E-state index contributed by atoms with van der Waals surface area (Å²) in [7, 11) is 0. The Bertz CT molecular complexity index is 1130. The molecule has 2 aliphatic heterocycles. The van der Waals surface area contributed by atoms with Crippen LogP contribution in [0, 0.1) is 5.82 Å². The summed E-state index contributed by atoms with van der Waals surface area (Å²) < 4.78 is 19.1. The summed E-state index contributed by atoms with van der Waals surface area (Å²) in [5, 5.41) is 2.74. The number of carbonyl (C=O) groups is 1. The molecule has 5 rings (SSSR count). The predicted octanol–water partition coefficient (Wildman–Crippen LogP) is 5.57. The van der Waals surface area contributed by atoms with Crippen molar-refractivity contribution < 1.29 is 13.6 Å². The highest BCUT2D eigenvalue weighted by atomic mass is 32.2. The zero-order chi connectivity index (χ0) is 21.2. The van der Waals surface area contributed by atoms with Gasteiger partial charge in [-0.05, 0) is 73.1 Å². The minimum absolute atomic E-state index is 0.130. The predicted molar refractivity (Wildman–Crippen MR) is 118 cm³/mol. The fourth-order valence-corrected chi connectivity index (χ4v) is 4.80. The van der Waals surface area contributed by atoms with Gasteiger partial charge >= 0.3 is 0 Å². The molecule has 0 aliphatic carbocycles. The van der Waals surface area contributed by atoms with Crippen LogP contribution in [-0.4, -0.2) is 29.7 Å². The fourth-order valence-electron chi connectivity index (χ4n) is 3.88. The van der Waals surface area contributed by atoms with E-state index in [1.54, 1.807) is 18.4 Å². The molecule has 5 nitrogen and oxygen atoms in total. The van der Waals surface area contributed by atoms with Gasteiger partial charge in [0.1, 0.15) is 5.82 Å². The highest BCUT2D eigenvalue weighted by molar-refractivity contribution is 7.99. The number of aliphatic imine (C=N–C) groups is 1. The number of furan rings is 1. The number of nitrogens with zero attached hydrogens (tertiary/aromatic N) is 2. The molecule has 2 aliphatic rings. The first kappa shape index (κ1) is 20.0. The Balaban J connectivity index is 1.49. The number of carbonyl (C=O) groups excluding carboxylic acids is 1. The minimum atomic E-state index is -0.298. The van der Waals surface area contributed by atoms with Crippen LogP contribution in [0.15, 0.2) is 74.2 Å². The van der Waals surface area contributed by atoms with Gasteiger partial charge < -0.3 is 4.42 Å². The third-order valence-electron chi connectivity index (χ3n) is 5.52. The van der Waals surface area contributed by atoms with Crippen molar-refractivity contribution in [2.75, 3.05) is 13.1 Å². The number of nitrogens with one attached hydrogen (secondary N) is 1. The average molecular weight is 436 g/mol. The topological polar surface area (TPSA) is 57.8 Å². The lowest BCUT2D eigenvalue weighted by atomic mass is 10.0. The summed E-state index contributed by atoms with van der Waals surface area (Å²) >= 11 is 1.47. The van der Waals surface area contributed by atoms with E-state index in [1.807, 2.05) is 29.3 Å². The summed E-state index contributed by atoms with van der Waals surface area (Å²) in [5.41, 5.74) is 6.62. The molecule has 0 unspecified atom stereocenters. The second kappa shape index (κ2) is 8.69. The van der Waals surface area contributed by atoms with E-state index in [2.05, 4.69) is 5.43 Å². The van der Waals surface area contributed by atoms with Crippen molar-refractivity contribution in [1.82, 2.24) is 10.4 Å². The maximum Gasteiger partial charge on any atom is 0.265 e. The average Bonchev–Trinajstić information content (AvgIpc) is 2.99. The van der Waals surface area contributed by atoms with Crippen molar-refractivity contribution in [1.29, 1.82) is 0 Å². The molecule has 0 spiro atoms. The van der Waals surface area contributed by atoms with Gasteiger partial charge in [0.05, 0.1) is 23.2 Å². The molecule has 7 heteroatoms. The van der Waals surface area contributed by atoms with Crippen LogP contribution in [0.25, 0.3) is 0 Å². The van der Waals surface area contributed by atoms with Crippen molar-refractivity contribution in [3.8, 4) is 0 Å². The SMILES string of the molecule is O=C(NN1CCCCCC1)c1ccc2c(c1)N=C(c1ccc(F)cc1)c1ccoc1S2. The molecule has 0 atom stereocenters. The zero-order valence-corrected chi connectivity index (χ0v) is 17.8. The molecule has 3 heterocycles. The Morgan fingerprint density at radius 3 is 2.58 bits per heavy atom. The second-order valence-corrected chi connectivity index (χ2v) is 8.73. The number of hydrogen-bond donors (Lipinski definition) is 1. The van der Waals surface area contributed by atoms with Crippen molar-refractivity contribution in [3.05, 3.63) is 77.3 Å². The molecule has 1 aromatic heterocycles. The quantitative estimate of drug-likeness (QED) is 0.457. The van der Waals surface area contributed by atoms with Gasteiger partial charge in [-0.25, -0.2) is 14.4 Å². The Morgan fingerprint density at radius 1 is 1.03 bits per heavy atom. The third-order valence-corrected chi connectivity index (χ3v) is 6.59. The summed E-state index contributed by atoms with van der Waals surface area (Å²) in [6.07, 6.45) is 6.23. The summed E-state index contributed by atoms with van der Waals surface area (Å²) in [5.74, 6) is -0.429. The fraction of sp³-hybridized carbons (Fsp3) is 0.250. The van der Waals surface area contributed by atoms with Crippen molar-refractivity contribution in [2.45, 2.75) is 35.7 Å². The third kappa shape index (κ3) is 4.29. The standard InChI is InChI=1S/C24H22FN3O2S/c25-18-8-5-16(6-9-18)22-19-11-14-30-24(19)31-21-10-7-17(15-20(21)26-22)23(29)27-28-12-3-1-2-4-13-28/h5-11,14-15H,1-4,12-13H2,(H,27,29). The summed E-state index contributed by atoms with van der Waals surface area (Å²) in [6.45, 7) is 1.75. The summed E-state index contributed by atoms with van der Waals surface area (Å²) in [6, 6.07) is 13.6. The van der Waals surface area contributed by atoms with Crippen LogP contribution in [0.2, 0.25) is 0 Å². The molecular formula is C24H22FN3O2S. The Hall–Kier alpha value is -2.90. The van der Waals surface area contributed by atoms with E-state index in [0.29, 0.717) is 17.0 Å². The molecule has 31 heavy (non-hydrogen) atoms.